The van der Waals surface area contributed by atoms with Crippen molar-refractivity contribution in [3.8, 4) is 11.5 Å². The Morgan fingerprint density at radius 2 is 2.16 bits per heavy atom. The van der Waals surface area contributed by atoms with Gasteiger partial charge in [-0.25, -0.2) is 0 Å². The van der Waals surface area contributed by atoms with Crippen LogP contribution in [0.4, 0.5) is 0 Å². The van der Waals surface area contributed by atoms with E-state index in [1.807, 2.05) is 19.1 Å². The van der Waals surface area contributed by atoms with Crippen LogP contribution in [-0.4, -0.2) is 23.3 Å². The maximum Gasteiger partial charge on any atom is 0.310 e. The van der Waals surface area contributed by atoms with Crippen LogP contribution in [0.5, 0.6) is 11.5 Å². The van der Waals surface area contributed by atoms with E-state index in [0.29, 0.717) is 24.2 Å². The number of rotatable bonds is 7. The Morgan fingerprint density at radius 1 is 1.42 bits per heavy atom. The van der Waals surface area contributed by atoms with Crippen molar-refractivity contribution in [3.63, 3.8) is 0 Å². The SMILES string of the molecule is CC/C=C\CCC(C(=O)O)c1ccc(O)c(OC)c1. The fraction of sp³-hybridized carbons (Fsp3) is 0.400. The maximum atomic E-state index is 11.3. The summed E-state index contributed by atoms with van der Waals surface area (Å²) in [4.78, 5) is 11.3. The number of aliphatic carboxylic acids is 1. The molecule has 0 heterocycles. The molecule has 19 heavy (non-hydrogen) atoms. The van der Waals surface area contributed by atoms with E-state index in [0.717, 1.165) is 6.42 Å². The van der Waals surface area contributed by atoms with Gasteiger partial charge in [0.25, 0.3) is 0 Å². The molecule has 0 aliphatic carbocycles. The van der Waals surface area contributed by atoms with E-state index in [-0.39, 0.29) is 5.75 Å². The summed E-state index contributed by atoms with van der Waals surface area (Å²) >= 11 is 0. The first-order chi connectivity index (χ1) is 9.10. The number of phenols is 1. The number of benzene rings is 1. The highest BCUT2D eigenvalue weighted by molar-refractivity contribution is 5.76. The minimum Gasteiger partial charge on any atom is -0.504 e. The van der Waals surface area contributed by atoms with E-state index in [1.54, 1.807) is 12.1 Å². The summed E-state index contributed by atoms with van der Waals surface area (Å²) in [5.41, 5.74) is 0.645. The van der Waals surface area contributed by atoms with Crippen molar-refractivity contribution in [1.82, 2.24) is 0 Å². The van der Waals surface area contributed by atoms with Crippen LogP contribution >= 0.6 is 0 Å². The second-order valence-corrected chi connectivity index (χ2v) is 4.28. The zero-order chi connectivity index (χ0) is 14.3. The molecule has 0 aliphatic heterocycles. The normalized spacial score (nSPS) is 12.5. The Labute approximate surface area is 113 Å². The minimum absolute atomic E-state index is 0.0151. The molecule has 4 heteroatoms. The molecule has 1 rings (SSSR count). The molecule has 0 spiro atoms. The van der Waals surface area contributed by atoms with Gasteiger partial charge in [0.15, 0.2) is 11.5 Å². The van der Waals surface area contributed by atoms with Crippen LogP contribution in [0.15, 0.2) is 30.4 Å². The Kier molecular flexibility index (Phi) is 5.93. The lowest BCUT2D eigenvalue weighted by Crippen LogP contribution is -2.11. The van der Waals surface area contributed by atoms with E-state index >= 15 is 0 Å². The first-order valence-corrected chi connectivity index (χ1v) is 6.34. The molecule has 4 nitrogen and oxygen atoms in total. The van der Waals surface area contributed by atoms with Crippen LogP contribution in [-0.2, 0) is 4.79 Å². The summed E-state index contributed by atoms with van der Waals surface area (Å²) in [6.45, 7) is 2.04. The molecule has 0 radical (unpaired) electrons. The van der Waals surface area contributed by atoms with Crippen LogP contribution in [0.3, 0.4) is 0 Å². The number of methoxy groups -OCH3 is 1. The summed E-state index contributed by atoms with van der Waals surface area (Å²) in [6.07, 6.45) is 6.21. The van der Waals surface area contributed by atoms with E-state index in [1.165, 1.54) is 13.2 Å². The zero-order valence-electron chi connectivity index (χ0n) is 11.3. The summed E-state index contributed by atoms with van der Waals surface area (Å²) in [7, 11) is 1.44. The molecule has 1 atom stereocenters. The summed E-state index contributed by atoms with van der Waals surface area (Å²) < 4.78 is 5.00. The lowest BCUT2D eigenvalue weighted by molar-refractivity contribution is -0.138. The monoisotopic (exact) mass is 264 g/mol. The fourth-order valence-electron chi connectivity index (χ4n) is 1.89. The van der Waals surface area contributed by atoms with Crippen LogP contribution in [0, 0.1) is 0 Å². The molecule has 0 aliphatic rings. The highest BCUT2D eigenvalue weighted by atomic mass is 16.5. The van der Waals surface area contributed by atoms with Gasteiger partial charge in [0.1, 0.15) is 0 Å². The highest BCUT2D eigenvalue weighted by Gasteiger charge is 2.20. The Balaban J connectivity index is 2.86. The van der Waals surface area contributed by atoms with Gasteiger partial charge in [-0.2, -0.15) is 0 Å². The predicted octanol–water partition coefficient (Wildman–Crippen LogP) is 3.32. The second-order valence-electron chi connectivity index (χ2n) is 4.28. The third-order valence-electron chi connectivity index (χ3n) is 2.93. The van der Waals surface area contributed by atoms with Crippen molar-refractivity contribution in [2.45, 2.75) is 32.1 Å². The number of aromatic hydroxyl groups is 1. The number of hydrogen-bond donors (Lipinski definition) is 2. The smallest absolute Gasteiger partial charge is 0.310 e. The Bertz CT molecular complexity index is 451. The molecule has 1 unspecified atom stereocenters. The van der Waals surface area contributed by atoms with E-state index in [9.17, 15) is 15.0 Å². The highest BCUT2D eigenvalue weighted by Crippen LogP contribution is 2.31. The molecule has 1 aromatic carbocycles. The number of ether oxygens (including phenoxy) is 1. The maximum absolute atomic E-state index is 11.3. The van der Waals surface area contributed by atoms with Crippen molar-refractivity contribution in [3.05, 3.63) is 35.9 Å². The van der Waals surface area contributed by atoms with Crippen molar-refractivity contribution < 1.29 is 19.7 Å². The molecular formula is C15H20O4. The van der Waals surface area contributed by atoms with Crippen LogP contribution in [0.1, 0.15) is 37.7 Å². The predicted molar refractivity (Wildman–Crippen MR) is 73.7 cm³/mol. The first kappa shape index (κ1) is 15.1. The summed E-state index contributed by atoms with van der Waals surface area (Å²) in [5.74, 6) is -1.14. The topological polar surface area (TPSA) is 66.8 Å². The van der Waals surface area contributed by atoms with Gasteiger partial charge < -0.3 is 14.9 Å². The van der Waals surface area contributed by atoms with Crippen molar-refractivity contribution >= 4 is 5.97 Å². The van der Waals surface area contributed by atoms with Gasteiger partial charge in [0, 0.05) is 0 Å². The van der Waals surface area contributed by atoms with Crippen LogP contribution in [0.25, 0.3) is 0 Å². The molecule has 0 bridgehead atoms. The standard InChI is InChI=1S/C15H20O4/c1-3-4-5-6-7-12(15(17)18)11-8-9-13(16)14(10-11)19-2/h4-5,8-10,12,16H,3,6-7H2,1-2H3,(H,17,18)/b5-4-. The summed E-state index contributed by atoms with van der Waals surface area (Å²) in [5, 5.41) is 18.8. The number of carboxylic acids is 1. The second kappa shape index (κ2) is 7.46. The minimum atomic E-state index is -0.863. The van der Waals surface area contributed by atoms with Crippen molar-refractivity contribution in [2.24, 2.45) is 0 Å². The van der Waals surface area contributed by atoms with Gasteiger partial charge in [-0.15, -0.1) is 0 Å². The van der Waals surface area contributed by atoms with Gasteiger partial charge in [-0.1, -0.05) is 25.1 Å². The van der Waals surface area contributed by atoms with Gasteiger partial charge >= 0.3 is 5.97 Å². The number of allylic oxidation sites excluding steroid dienone is 2. The average molecular weight is 264 g/mol. The summed E-state index contributed by atoms with van der Waals surface area (Å²) in [6, 6.07) is 4.67. The zero-order valence-corrected chi connectivity index (χ0v) is 11.3. The molecule has 1 aromatic rings. The number of carbonyl (C=O) groups is 1. The number of hydrogen-bond acceptors (Lipinski definition) is 3. The number of carboxylic acid groups (broad SMARTS) is 1. The lowest BCUT2D eigenvalue weighted by atomic mass is 9.94. The van der Waals surface area contributed by atoms with Crippen LogP contribution < -0.4 is 4.74 Å². The van der Waals surface area contributed by atoms with E-state index in [2.05, 4.69) is 0 Å². The molecular weight excluding hydrogens is 244 g/mol. The Hall–Kier alpha value is -1.97. The van der Waals surface area contributed by atoms with Crippen molar-refractivity contribution in [2.75, 3.05) is 7.11 Å². The third-order valence-corrected chi connectivity index (χ3v) is 2.93. The third kappa shape index (κ3) is 4.32. The average Bonchev–Trinajstić information content (AvgIpc) is 2.39. The van der Waals surface area contributed by atoms with Gasteiger partial charge in [-0.05, 0) is 37.0 Å². The van der Waals surface area contributed by atoms with E-state index in [4.69, 9.17) is 4.74 Å². The molecule has 0 saturated heterocycles. The van der Waals surface area contributed by atoms with Crippen LogP contribution in [0.2, 0.25) is 0 Å². The quantitative estimate of drug-likeness (QED) is 0.741. The van der Waals surface area contributed by atoms with Gasteiger partial charge in [0.2, 0.25) is 0 Å². The van der Waals surface area contributed by atoms with Crippen molar-refractivity contribution in [1.29, 1.82) is 0 Å². The lowest BCUT2D eigenvalue weighted by Gasteiger charge is -2.13. The fourth-order valence-corrected chi connectivity index (χ4v) is 1.89. The van der Waals surface area contributed by atoms with E-state index < -0.39 is 11.9 Å². The molecule has 2 N–H and O–H groups in total. The van der Waals surface area contributed by atoms with Gasteiger partial charge in [-0.3, -0.25) is 4.79 Å². The molecule has 104 valence electrons. The largest absolute Gasteiger partial charge is 0.504 e. The molecule has 0 saturated carbocycles. The molecule has 0 fully saturated rings. The Morgan fingerprint density at radius 3 is 2.74 bits per heavy atom. The molecule has 0 amide bonds. The molecule has 0 aromatic heterocycles. The first-order valence-electron chi connectivity index (χ1n) is 6.34. The number of phenolic OH excluding ortho intramolecular Hbond substituents is 1. The van der Waals surface area contributed by atoms with Gasteiger partial charge in [0.05, 0.1) is 13.0 Å².